The molecule has 1 aliphatic rings. The van der Waals surface area contributed by atoms with E-state index in [0.717, 1.165) is 5.75 Å². The van der Waals surface area contributed by atoms with Gasteiger partial charge in [-0.05, 0) is 18.6 Å². The van der Waals surface area contributed by atoms with Crippen LogP contribution in [0.1, 0.15) is 16.8 Å². The van der Waals surface area contributed by atoms with Crippen LogP contribution < -0.4 is 5.32 Å². The number of benzene rings is 1. The zero-order chi connectivity index (χ0) is 12.4. The number of halogens is 2. The molecule has 1 amide bonds. The van der Waals surface area contributed by atoms with E-state index < -0.39 is 11.9 Å². The van der Waals surface area contributed by atoms with Gasteiger partial charge >= 0.3 is 0 Å². The first kappa shape index (κ1) is 12.7. The van der Waals surface area contributed by atoms with Crippen LogP contribution >= 0.6 is 35.0 Å². The van der Waals surface area contributed by atoms with E-state index in [1.165, 1.54) is 11.8 Å². The summed E-state index contributed by atoms with van der Waals surface area (Å²) in [5, 5.41) is 3.21. The van der Waals surface area contributed by atoms with Crippen molar-refractivity contribution in [3.05, 3.63) is 33.8 Å². The Hall–Kier alpha value is -0.710. The zero-order valence-corrected chi connectivity index (χ0v) is 11.0. The van der Waals surface area contributed by atoms with Crippen molar-refractivity contribution in [2.24, 2.45) is 0 Å². The van der Waals surface area contributed by atoms with Crippen LogP contribution in [0.3, 0.4) is 0 Å². The molecule has 1 fully saturated rings. The minimum absolute atomic E-state index is 0.0125. The smallest absolute Gasteiger partial charge is 0.254 e. The summed E-state index contributed by atoms with van der Waals surface area (Å²) in [6, 6.07) is 4.42. The van der Waals surface area contributed by atoms with Crippen LogP contribution in [0, 0.1) is 0 Å². The highest BCUT2D eigenvalue weighted by atomic mass is 35.5. The van der Waals surface area contributed by atoms with Crippen LogP contribution in [0.2, 0.25) is 10.0 Å². The average molecular weight is 290 g/mol. The third-order valence-electron chi connectivity index (χ3n) is 2.43. The van der Waals surface area contributed by atoms with Gasteiger partial charge in [-0.1, -0.05) is 41.0 Å². The van der Waals surface area contributed by atoms with Crippen molar-refractivity contribution in [3.63, 3.8) is 0 Å². The number of hydrogen-bond acceptors (Lipinski definition) is 3. The Kier molecular flexibility index (Phi) is 3.97. The molecule has 0 bridgehead atoms. The molecule has 1 atom stereocenters. The summed E-state index contributed by atoms with van der Waals surface area (Å²) in [6.07, 6.45) is 0.650. The van der Waals surface area contributed by atoms with E-state index in [1.54, 1.807) is 18.2 Å². The normalized spacial score (nSPS) is 19.4. The molecule has 0 spiro atoms. The van der Waals surface area contributed by atoms with Crippen molar-refractivity contribution in [3.8, 4) is 0 Å². The third kappa shape index (κ3) is 2.76. The van der Waals surface area contributed by atoms with Gasteiger partial charge in [0.05, 0.1) is 21.7 Å². The SMILES string of the molecule is O=C(N[C@H]1CCSC1=O)c1c(Cl)cccc1Cl. The van der Waals surface area contributed by atoms with Gasteiger partial charge in [0.2, 0.25) is 5.12 Å². The molecule has 6 heteroatoms. The van der Waals surface area contributed by atoms with E-state index >= 15 is 0 Å². The van der Waals surface area contributed by atoms with Crippen molar-refractivity contribution in [2.75, 3.05) is 5.75 Å². The molecule has 0 radical (unpaired) electrons. The first-order valence-electron chi connectivity index (χ1n) is 5.01. The fourth-order valence-electron chi connectivity index (χ4n) is 1.57. The Morgan fingerprint density at radius 3 is 2.53 bits per heavy atom. The summed E-state index contributed by atoms with van der Waals surface area (Å²) in [5.41, 5.74) is 0.223. The van der Waals surface area contributed by atoms with Gasteiger partial charge in [0, 0.05) is 5.75 Å². The Labute approximate surface area is 113 Å². The van der Waals surface area contributed by atoms with E-state index in [4.69, 9.17) is 23.2 Å². The summed E-state index contributed by atoms with van der Waals surface area (Å²) in [6.45, 7) is 0. The van der Waals surface area contributed by atoms with Crippen molar-refractivity contribution in [1.82, 2.24) is 5.32 Å². The van der Waals surface area contributed by atoms with Gasteiger partial charge in [-0.25, -0.2) is 0 Å². The summed E-state index contributed by atoms with van der Waals surface area (Å²) in [4.78, 5) is 23.3. The number of hydrogen-bond donors (Lipinski definition) is 1. The standard InChI is InChI=1S/C11H9Cl2NO2S/c12-6-2-1-3-7(13)9(6)10(15)14-8-4-5-17-11(8)16/h1-3,8H,4-5H2,(H,14,15)/t8-/m0/s1. The minimum Gasteiger partial charge on any atom is -0.341 e. The third-order valence-corrected chi connectivity index (χ3v) is 4.07. The molecule has 2 rings (SSSR count). The van der Waals surface area contributed by atoms with E-state index in [-0.39, 0.29) is 20.7 Å². The highest BCUT2D eigenvalue weighted by molar-refractivity contribution is 8.14. The van der Waals surface area contributed by atoms with E-state index in [9.17, 15) is 9.59 Å². The lowest BCUT2D eigenvalue weighted by atomic mass is 10.2. The monoisotopic (exact) mass is 289 g/mol. The second kappa shape index (κ2) is 5.29. The molecule has 0 aliphatic carbocycles. The van der Waals surface area contributed by atoms with Crippen LogP contribution in [-0.4, -0.2) is 22.8 Å². The molecule has 1 aromatic rings. The fraction of sp³-hybridized carbons (Fsp3) is 0.273. The Morgan fingerprint density at radius 2 is 2.00 bits per heavy atom. The van der Waals surface area contributed by atoms with Crippen LogP contribution in [-0.2, 0) is 4.79 Å². The lowest BCUT2D eigenvalue weighted by Crippen LogP contribution is -2.37. The Bertz CT molecular complexity index is 458. The van der Waals surface area contributed by atoms with Crippen LogP contribution in [0.25, 0.3) is 0 Å². The van der Waals surface area contributed by atoms with Crippen molar-refractivity contribution in [2.45, 2.75) is 12.5 Å². The molecule has 0 saturated carbocycles. The molecule has 1 N–H and O–H groups in total. The van der Waals surface area contributed by atoms with Gasteiger partial charge < -0.3 is 5.32 Å². The lowest BCUT2D eigenvalue weighted by Gasteiger charge is -2.12. The number of rotatable bonds is 2. The van der Waals surface area contributed by atoms with Gasteiger partial charge in [-0.3, -0.25) is 9.59 Å². The molecule has 3 nitrogen and oxygen atoms in total. The quantitative estimate of drug-likeness (QED) is 0.911. The van der Waals surface area contributed by atoms with E-state index in [0.29, 0.717) is 6.42 Å². The first-order valence-corrected chi connectivity index (χ1v) is 6.75. The zero-order valence-electron chi connectivity index (χ0n) is 8.70. The average Bonchev–Trinajstić information content (AvgIpc) is 2.64. The van der Waals surface area contributed by atoms with Gasteiger partial charge in [0.1, 0.15) is 0 Å². The number of thioether (sulfide) groups is 1. The Balaban J connectivity index is 2.17. The number of amides is 1. The molecule has 17 heavy (non-hydrogen) atoms. The Morgan fingerprint density at radius 1 is 1.35 bits per heavy atom. The number of carbonyl (C=O) groups is 2. The second-order valence-corrected chi connectivity index (χ2v) is 5.49. The highest BCUT2D eigenvalue weighted by Gasteiger charge is 2.28. The van der Waals surface area contributed by atoms with E-state index in [2.05, 4.69) is 5.32 Å². The van der Waals surface area contributed by atoms with Gasteiger partial charge in [-0.15, -0.1) is 0 Å². The first-order chi connectivity index (χ1) is 8.09. The predicted octanol–water partition coefficient (Wildman–Crippen LogP) is 2.76. The molecule has 1 saturated heterocycles. The minimum atomic E-state index is -0.431. The summed E-state index contributed by atoms with van der Waals surface area (Å²) in [7, 11) is 0. The predicted molar refractivity (Wildman–Crippen MR) is 69.8 cm³/mol. The van der Waals surface area contributed by atoms with Gasteiger partial charge in [0.15, 0.2) is 0 Å². The number of nitrogens with one attached hydrogen (secondary N) is 1. The van der Waals surface area contributed by atoms with Crippen LogP contribution in [0.5, 0.6) is 0 Å². The van der Waals surface area contributed by atoms with Crippen molar-refractivity contribution < 1.29 is 9.59 Å². The molecule has 0 aromatic heterocycles. The molecular formula is C11H9Cl2NO2S. The maximum atomic E-state index is 11.9. The van der Waals surface area contributed by atoms with Crippen molar-refractivity contribution in [1.29, 1.82) is 0 Å². The lowest BCUT2D eigenvalue weighted by molar-refractivity contribution is -0.112. The topological polar surface area (TPSA) is 46.2 Å². The molecule has 90 valence electrons. The van der Waals surface area contributed by atoms with Crippen LogP contribution in [0.15, 0.2) is 18.2 Å². The molecular weight excluding hydrogens is 281 g/mol. The van der Waals surface area contributed by atoms with Gasteiger partial charge in [0.25, 0.3) is 5.91 Å². The molecule has 1 heterocycles. The van der Waals surface area contributed by atoms with Gasteiger partial charge in [-0.2, -0.15) is 0 Å². The summed E-state index contributed by atoms with van der Waals surface area (Å²) in [5.74, 6) is 0.335. The number of carbonyl (C=O) groups excluding carboxylic acids is 2. The van der Waals surface area contributed by atoms with Crippen LogP contribution in [0.4, 0.5) is 0 Å². The summed E-state index contributed by atoms with van der Waals surface area (Å²) < 4.78 is 0. The largest absolute Gasteiger partial charge is 0.341 e. The molecule has 0 unspecified atom stereocenters. The molecule has 1 aromatic carbocycles. The summed E-state index contributed by atoms with van der Waals surface area (Å²) >= 11 is 13.1. The van der Waals surface area contributed by atoms with E-state index in [1.807, 2.05) is 0 Å². The van der Waals surface area contributed by atoms with Crippen molar-refractivity contribution >= 4 is 46.0 Å². The fourth-order valence-corrected chi connectivity index (χ4v) is 3.07. The highest BCUT2D eigenvalue weighted by Crippen LogP contribution is 2.25. The maximum absolute atomic E-state index is 11.9. The molecule has 1 aliphatic heterocycles. The second-order valence-electron chi connectivity index (χ2n) is 3.58. The maximum Gasteiger partial charge on any atom is 0.254 e.